The number of aromatic nitrogens is 3. The van der Waals surface area contributed by atoms with E-state index >= 15 is 0 Å². The van der Waals surface area contributed by atoms with Gasteiger partial charge in [0, 0.05) is 12.1 Å². The molecule has 1 aromatic heterocycles. The molecule has 1 saturated heterocycles. The molecule has 0 aliphatic carbocycles. The van der Waals surface area contributed by atoms with E-state index in [2.05, 4.69) is 21.3 Å². The van der Waals surface area contributed by atoms with Gasteiger partial charge in [0.25, 0.3) is 0 Å². The summed E-state index contributed by atoms with van der Waals surface area (Å²) in [5.74, 6) is -0.298. The summed E-state index contributed by atoms with van der Waals surface area (Å²) < 4.78 is 14.8. The van der Waals surface area contributed by atoms with Crippen molar-refractivity contribution in [2.45, 2.75) is 19.4 Å². The largest absolute Gasteiger partial charge is 0.301 e. The number of hydrogen-bond donors (Lipinski definition) is 0. The minimum atomic E-state index is -0.298. The van der Waals surface area contributed by atoms with E-state index in [9.17, 15) is 9.65 Å². The summed E-state index contributed by atoms with van der Waals surface area (Å²) in [7, 11) is 0. The summed E-state index contributed by atoms with van der Waals surface area (Å²) in [6, 6.07) is 8.13. The molecule has 2 heterocycles. The second-order valence-electron chi connectivity index (χ2n) is 5.18. The Morgan fingerprint density at radius 3 is 2.52 bits per heavy atom. The van der Waals surface area contributed by atoms with Crippen molar-refractivity contribution in [2.24, 2.45) is 0 Å². The summed E-state index contributed by atoms with van der Waals surface area (Å²) in [5, 5.41) is 17.2. The van der Waals surface area contributed by atoms with Crippen LogP contribution < -0.4 is 0 Å². The minimum Gasteiger partial charge on any atom is -0.301 e. The summed E-state index contributed by atoms with van der Waals surface area (Å²) in [5.41, 5.74) is 1.71. The first kappa shape index (κ1) is 13.7. The molecule has 5 nitrogen and oxygen atoms in total. The van der Waals surface area contributed by atoms with Crippen molar-refractivity contribution >= 4 is 0 Å². The highest BCUT2D eigenvalue weighted by Crippen LogP contribution is 2.22. The average molecular weight is 285 g/mol. The van der Waals surface area contributed by atoms with Gasteiger partial charge >= 0.3 is 0 Å². The highest BCUT2D eigenvalue weighted by atomic mass is 19.1. The minimum absolute atomic E-state index is 0.281. The maximum absolute atomic E-state index is 13.1. The molecule has 0 bridgehead atoms. The molecule has 0 saturated carbocycles. The molecule has 0 amide bonds. The van der Waals surface area contributed by atoms with E-state index in [1.54, 1.807) is 16.8 Å². The summed E-state index contributed by atoms with van der Waals surface area (Å²) in [4.78, 5) is 2.38. The van der Waals surface area contributed by atoms with Crippen LogP contribution in [-0.4, -0.2) is 39.5 Å². The summed E-state index contributed by atoms with van der Waals surface area (Å²) in [6.45, 7) is 3.81. The molecule has 0 radical (unpaired) electrons. The predicted molar refractivity (Wildman–Crippen MR) is 75.8 cm³/mol. The maximum Gasteiger partial charge on any atom is 0.190 e. The Labute approximate surface area is 122 Å². The van der Waals surface area contributed by atoms with Gasteiger partial charge in [-0.2, -0.15) is 5.26 Å². The molecule has 0 spiro atoms. The zero-order valence-corrected chi connectivity index (χ0v) is 11.7. The average Bonchev–Trinajstić information content (AvgIpc) is 3.15. The van der Waals surface area contributed by atoms with E-state index in [1.807, 2.05) is 0 Å². The number of halogens is 1. The number of likely N-dealkylation sites (tertiary alicyclic amines) is 1. The fourth-order valence-corrected chi connectivity index (χ4v) is 2.68. The van der Waals surface area contributed by atoms with Crippen LogP contribution in [0.25, 0.3) is 11.3 Å². The third-order valence-electron chi connectivity index (χ3n) is 3.79. The molecule has 0 unspecified atom stereocenters. The first-order valence-electron chi connectivity index (χ1n) is 7.10. The number of nitriles is 1. The van der Waals surface area contributed by atoms with Crippen LogP contribution in [-0.2, 0) is 6.54 Å². The second kappa shape index (κ2) is 6.02. The first-order chi connectivity index (χ1) is 10.3. The molecule has 1 aromatic carbocycles. The van der Waals surface area contributed by atoms with Gasteiger partial charge in [-0.15, -0.1) is 5.10 Å². The van der Waals surface area contributed by atoms with E-state index in [-0.39, 0.29) is 11.5 Å². The van der Waals surface area contributed by atoms with E-state index in [0.29, 0.717) is 12.2 Å². The van der Waals surface area contributed by atoms with Crippen molar-refractivity contribution in [3.63, 3.8) is 0 Å². The fraction of sp³-hybridized carbons (Fsp3) is 0.400. The molecule has 1 aliphatic heterocycles. The lowest BCUT2D eigenvalue weighted by atomic mass is 10.1. The molecule has 1 aliphatic rings. The highest BCUT2D eigenvalue weighted by Gasteiger charge is 2.17. The van der Waals surface area contributed by atoms with Gasteiger partial charge in [-0.05, 0) is 50.2 Å². The Morgan fingerprint density at radius 1 is 1.14 bits per heavy atom. The van der Waals surface area contributed by atoms with Crippen LogP contribution >= 0.6 is 0 Å². The normalized spacial score (nSPS) is 15.2. The Kier molecular flexibility index (Phi) is 3.93. The number of rotatable bonds is 4. The Morgan fingerprint density at radius 2 is 1.86 bits per heavy atom. The third kappa shape index (κ3) is 2.93. The first-order valence-corrected chi connectivity index (χ1v) is 7.10. The van der Waals surface area contributed by atoms with Crippen LogP contribution in [0.2, 0.25) is 0 Å². The van der Waals surface area contributed by atoms with Gasteiger partial charge in [-0.25, -0.2) is 9.07 Å². The van der Waals surface area contributed by atoms with Gasteiger partial charge < -0.3 is 4.90 Å². The SMILES string of the molecule is N#Cc1nnn(CCN2CCCC2)c1-c1ccc(F)cc1. The van der Waals surface area contributed by atoms with E-state index in [0.717, 1.165) is 25.2 Å². The lowest BCUT2D eigenvalue weighted by Crippen LogP contribution is -2.24. The van der Waals surface area contributed by atoms with Crippen LogP contribution in [0.3, 0.4) is 0 Å². The Balaban J connectivity index is 1.85. The number of nitrogens with zero attached hydrogens (tertiary/aromatic N) is 5. The van der Waals surface area contributed by atoms with Crippen LogP contribution in [0.5, 0.6) is 0 Å². The van der Waals surface area contributed by atoms with E-state index < -0.39 is 0 Å². The fourth-order valence-electron chi connectivity index (χ4n) is 2.68. The molecule has 108 valence electrons. The van der Waals surface area contributed by atoms with Crippen molar-refractivity contribution in [2.75, 3.05) is 19.6 Å². The van der Waals surface area contributed by atoms with Crippen molar-refractivity contribution in [1.82, 2.24) is 19.9 Å². The topological polar surface area (TPSA) is 57.7 Å². The summed E-state index contributed by atoms with van der Waals surface area (Å²) in [6.07, 6.45) is 2.48. The van der Waals surface area contributed by atoms with Crippen LogP contribution in [0.4, 0.5) is 4.39 Å². The summed E-state index contributed by atoms with van der Waals surface area (Å²) >= 11 is 0. The van der Waals surface area contributed by atoms with Gasteiger partial charge in [0.2, 0.25) is 0 Å². The van der Waals surface area contributed by atoms with Crippen LogP contribution in [0.1, 0.15) is 18.5 Å². The zero-order chi connectivity index (χ0) is 14.7. The molecule has 21 heavy (non-hydrogen) atoms. The van der Waals surface area contributed by atoms with Crippen molar-refractivity contribution in [1.29, 1.82) is 5.26 Å². The maximum atomic E-state index is 13.1. The van der Waals surface area contributed by atoms with Crippen molar-refractivity contribution in [3.05, 3.63) is 35.8 Å². The number of benzene rings is 1. The lowest BCUT2D eigenvalue weighted by molar-refractivity contribution is 0.315. The van der Waals surface area contributed by atoms with E-state index in [1.165, 1.54) is 25.0 Å². The third-order valence-corrected chi connectivity index (χ3v) is 3.79. The molecule has 0 atom stereocenters. The molecule has 1 fully saturated rings. The lowest BCUT2D eigenvalue weighted by Gasteiger charge is -2.15. The van der Waals surface area contributed by atoms with Gasteiger partial charge in [0.15, 0.2) is 5.69 Å². The standard InChI is InChI=1S/C15H16FN5/c16-13-5-3-12(4-6-13)15-14(11-17)18-19-21(15)10-9-20-7-1-2-8-20/h3-6H,1-2,7-10H2. The molecular weight excluding hydrogens is 269 g/mol. The van der Waals surface area contributed by atoms with Gasteiger partial charge in [-0.1, -0.05) is 5.21 Å². The molecule has 0 N–H and O–H groups in total. The quantitative estimate of drug-likeness (QED) is 0.862. The molecular formula is C15H16FN5. The zero-order valence-electron chi connectivity index (χ0n) is 11.7. The smallest absolute Gasteiger partial charge is 0.190 e. The van der Waals surface area contributed by atoms with E-state index in [4.69, 9.17) is 0 Å². The Bertz CT molecular complexity index is 650. The van der Waals surface area contributed by atoms with Crippen LogP contribution in [0, 0.1) is 17.1 Å². The predicted octanol–water partition coefficient (Wildman–Crippen LogP) is 2.05. The van der Waals surface area contributed by atoms with Crippen molar-refractivity contribution in [3.8, 4) is 17.3 Å². The monoisotopic (exact) mass is 285 g/mol. The van der Waals surface area contributed by atoms with Gasteiger partial charge in [0.05, 0.1) is 6.54 Å². The van der Waals surface area contributed by atoms with Gasteiger partial charge in [0.1, 0.15) is 17.6 Å². The Hall–Kier alpha value is -2.26. The number of hydrogen-bond acceptors (Lipinski definition) is 4. The molecule has 6 heteroatoms. The second-order valence-corrected chi connectivity index (χ2v) is 5.18. The molecule has 2 aromatic rings. The molecule has 3 rings (SSSR count). The highest BCUT2D eigenvalue weighted by molar-refractivity contribution is 5.64. The van der Waals surface area contributed by atoms with Gasteiger partial charge in [-0.3, -0.25) is 0 Å². The van der Waals surface area contributed by atoms with Crippen molar-refractivity contribution < 1.29 is 4.39 Å². The van der Waals surface area contributed by atoms with Crippen LogP contribution in [0.15, 0.2) is 24.3 Å².